The van der Waals surface area contributed by atoms with Gasteiger partial charge in [0.05, 0.1) is 0 Å². The van der Waals surface area contributed by atoms with Crippen LogP contribution in [0.15, 0.2) is 24.3 Å². The van der Waals surface area contributed by atoms with Crippen LogP contribution in [-0.4, -0.2) is 56.3 Å². The number of piperazine rings is 1. The molecule has 2 aliphatic rings. The van der Waals surface area contributed by atoms with Crippen molar-refractivity contribution in [2.24, 2.45) is 0 Å². The highest BCUT2D eigenvalue weighted by atomic mass is 32.3. The van der Waals surface area contributed by atoms with Gasteiger partial charge in [-0.2, -0.15) is 16.8 Å². The Labute approximate surface area is 121 Å². The molecule has 1 aromatic carbocycles. The Morgan fingerprint density at radius 3 is 2.29 bits per heavy atom. The monoisotopic (exact) mass is 314 g/mol. The van der Waals surface area contributed by atoms with Gasteiger partial charge in [0, 0.05) is 31.7 Å². The lowest BCUT2D eigenvalue weighted by atomic mass is 10.1. The Morgan fingerprint density at radius 1 is 1.19 bits per heavy atom. The van der Waals surface area contributed by atoms with Crippen molar-refractivity contribution in [2.45, 2.75) is 5.91 Å². The van der Waals surface area contributed by atoms with E-state index in [1.54, 1.807) is 4.90 Å². The number of nitrogens with one attached hydrogen (secondary N) is 1. The molecule has 8 nitrogen and oxygen atoms in total. The van der Waals surface area contributed by atoms with E-state index in [0.717, 1.165) is 0 Å². The van der Waals surface area contributed by atoms with Crippen molar-refractivity contribution in [3.05, 3.63) is 29.8 Å². The Kier molecular flexibility index (Phi) is 3.46. The van der Waals surface area contributed by atoms with Gasteiger partial charge in [0.15, 0.2) is 0 Å². The molecule has 1 aromatic rings. The first-order valence-electron chi connectivity index (χ1n) is 6.39. The molecule has 0 atom stereocenters. The summed E-state index contributed by atoms with van der Waals surface area (Å²) in [7, 11) is -4.13. The molecule has 2 saturated heterocycles. The van der Waals surface area contributed by atoms with Crippen molar-refractivity contribution in [1.29, 1.82) is 0 Å². The SMILES string of the molecule is O=C(c1ccc(O)cc1)C1(N2CCNCC2)OS(=O)(=O)O1. The normalized spacial score (nSPS) is 24.2. The standard InChI is InChI=1S/C12H14N2O6S/c15-10-3-1-9(2-4-10)11(16)12(19-21(17,18)20-12)14-7-5-13-6-8-14/h1-4,13,15H,5-8H2. The number of carbonyl (C=O) groups is 1. The Hall–Kier alpha value is -1.52. The number of hydrogen-bond donors (Lipinski definition) is 2. The topological polar surface area (TPSA) is 105 Å². The zero-order valence-corrected chi connectivity index (χ0v) is 11.8. The molecule has 3 rings (SSSR count). The van der Waals surface area contributed by atoms with Gasteiger partial charge < -0.3 is 10.4 Å². The molecule has 2 fully saturated rings. The van der Waals surface area contributed by atoms with Crippen molar-refractivity contribution in [1.82, 2.24) is 10.2 Å². The van der Waals surface area contributed by atoms with Gasteiger partial charge in [0.2, 0.25) is 5.78 Å². The fourth-order valence-electron chi connectivity index (χ4n) is 2.36. The summed E-state index contributed by atoms with van der Waals surface area (Å²) < 4.78 is 32.2. The van der Waals surface area contributed by atoms with Gasteiger partial charge in [-0.25, -0.2) is 4.90 Å². The number of carbonyl (C=O) groups excluding carboxylic acids is 1. The molecule has 21 heavy (non-hydrogen) atoms. The average Bonchev–Trinajstić information content (AvgIpc) is 2.45. The maximum absolute atomic E-state index is 12.6. The molecule has 9 heteroatoms. The predicted molar refractivity (Wildman–Crippen MR) is 70.7 cm³/mol. The molecule has 2 N–H and O–H groups in total. The van der Waals surface area contributed by atoms with Crippen LogP contribution < -0.4 is 5.32 Å². The third-order valence-corrected chi connectivity index (χ3v) is 4.24. The number of phenolic OH excluding ortho intramolecular Hbond substituents is 1. The third kappa shape index (κ3) is 2.54. The quantitative estimate of drug-likeness (QED) is 0.714. The maximum atomic E-state index is 12.6. The number of Topliss-reactive ketones (excluding diaryl/α,β-unsaturated/α-hetero) is 1. The summed E-state index contributed by atoms with van der Waals surface area (Å²) in [5, 5.41) is 12.4. The smallest absolute Gasteiger partial charge is 0.408 e. The fourth-order valence-corrected chi connectivity index (χ4v) is 3.29. The van der Waals surface area contributed by atoms with E-state index in [-0.39, 0.29) is 11.3 Å². The zero-order chi connectivity index (χ0) is 15.1. The first kappa shape index (κ1) is 14.4. The molecule has 0 saturated carbocycles. The van der Waals surface area contributed by atoms with E-state index in [1.165, 1.54) is 24.3 Å². The summed E-state index contributed by atoms with van der Waals surface area (Å²) in [6.45, 7) is 2.02. The molecular formula is C12H14N2O6S. The van der Waals surface area contributed by atoms with Crippen LogP contribution in [0.4, 0.5) is 0 Å². The van der Waals surface area contributed by atoms with Crippen molar-refractivity contribution >= 4 is 16.2 Å². The second kappa shape index (κ2) is 5.04. The van der Waals surface area contributed by atoms with Gasteiger partial charge in [-0.1, -0.05) is 0 Å². The zero-order valence-electron chi connectivity index (χ0n) is 11.0. The highest BCUT2D eigenvalue weighted by Crippen LogP contribution is 2.37. The summed E-state index contributed by atoms with van der Waals surface area (Å²) in [4.78, 5) is 14.1. The van der Waals surface area contributed by atoms with Crippen molar-refractivity contribution in [2.75, 3.05) is 26.2 Å². The molecule has 0 radical (unpaired) electrons. The minimum atomic E-state index is -4.13. The van der Waals surface area contributed by atoms with E-state index < -0.39 is 22.1 Å². The number of benzene rings is 1. The minimum Gasteiger partial charge on any atom is -0.508 e. The lowest BCUT2D eigenvalue weighted by Gasteiger charge is -2.46. The molecule has 0 aliphatic carbocycles. The van der Waals surface area contributed by atoms with Crippen molar-refractivity contribution in [3.63, 3.8) is 0 Å². The van der Waals surface area contributed by atoms with Gasteiger partial charge in [0.1, 0.15) is 5.75 Å². The van der Waals surface area contributed by atoms with E-state index in [0.29, 0.717) is 26.2 Å². The Balaban J connectivity index is 1.92. The molecule has 2 heterocycles. The highest BCUT2D eigenvalue weighted by molar-refractivity contribution is 7.83. The Morgan fingerprint density at radius 2 is 1.76 bits per heavy atom. The van der Waals surface area contributed by atoms with Crippen LogP contribution in [-0.2, 0) is 18.8 Å². The maximum Gasteiger partial charge on any atom is 0.408 e. The van der Waals surface area contributed by atoms with Gasteiger partial charge in [-0.15, -0.1) is 0 Å². The molecular weight excluding hydrogens is 300 g/mol. The minimum absolute atomic E-state index is 0.00541. The molecule has 2 aliphatic heterocycles. The molecule has 0 bridgehead atoms. The fraction of sp³-hybridized carbons (Fsp3) is 0.417. The number of nitrogens with zero attached hydrogens (tertiary/aromatic N) is 1. The van der Waals surface area contributed by atoms with Crippen molar-refractivity contribution < 1.29 is 26.7 Å². The number of ketones is 1. The van der Waals surface area contributed by atoms with Crippen LogP contribution in [0.5, 0.6) is 5.75 Å². The van der Waals surface area contributed by atoms with E-state index in [4.69, 9.17) is 8.37 Å². The van der Waals surface area contributed by atoms with E-state index in [1.807, 2.05) is 0 Å². The van der Waals surface area contributed by atoms with Crippen LogP contribution >= 0.6 is 0 Å². The molecule has 0 amide bonds. The Bertz CT molecular complexity index is 639. The summed E-state index contributed by atoms with van der Waals surface area (Å²) in [6.07, 6.45) is 0. The number of rotatable bonds is 3. The van der Waals surface area contributed by atoms with Crippen LogP contribution in [0.1, 0.15) is 10.4 Å². The van der Waals surface area contributed by atoms with Gasteiger partial charge >= 0.3 is 16.3 Å². The van der Waals surface area contributed by atoms with Gasteiger partial charge in [0.25, 0.3) is 0 Å². The van der Waals surface area contributed by atoms with Crippen LogP contribution in [0.2, 0.25) is 0 Å². The van der Waals surface area contributed by atoms with Gasteiger partial charge in [-0.05, 0) is 24.3 Å². The second-order valence-corrected chi connectivity index (χ2v) is 5.92. The first-order valence-corrected chi connectivity index (χ1v) is 7.72. The average molecular weight is 314 g/mol. The van der Waals surface area contributed by atoms with Crippen LogP contribution in [0, 0.1) is 0 Å². The van der Waals surface area contributed by atoms with Crippen LogP contribution in [0.25, 0.3) is 0 Å². The second-order valence-electron chi connectivity index (χ2n) is 4.77. The summed E-state index contributed by atoms with van der Waals surface area (Å²) in [5.74, 6) is -2.54. The molecule has 0 aromatic heterocycles. The lowest BCUT2D eigenvalue weighted by Crippen LogP contribution is -2.69. The van der Waals surface area contributed by atoms with Crippen molar-refractivity contribution in [3.8, 4) is 5.75 Å². The summed E-state index contributed by atoms with van der Waals surface area (Å²) >= 11 is 0. The molecule has 0 unspecified atom stereocenters. The number of hydrogen-bond acceptors (Lipinski definition) is 8. The van der Waals surface area contributed by atoms with Gasteiger partial charge in [-0.3, -0.25) is 4.79 Å². The lowest BCUT2D eigenvalue weighted by molar-refractivity contribution is -0.243. The van der Waals surface area contributed by atoms with E-state index in [9.17, 15) is 18.3 Å². The molecule has 114 valence electrons. The molecule has 0 spiro atoms. The first-order chi connectivity index (χ1) is 9.93. The summed E-state index contributed by atoms with van der Waals surface area (Å²) in [5.41, 5.74) is 0.196. The number of aromatic hydroxyl groups is 1. The highest BCUT2D eigenvalue weighted by Gasteiger charge is 2.62. The van der Waals surface area contributed by atoms with E-state index >= 15 is 0 Å². The summed E-state index contributed by atoms with van der Waals surface area (Å²) in [6, 6.07) is 5.45. The largest absolute Gasteiger partial charge is 0.508 e. The van der Waals surface area contributed by atoms with Crippen LogP contribution in [0.3, 0.4) is 0 Å². The van der Waals surface area contributed by atoms with E-state index in [2.05, 4.69) is 5.32 Å². The predicted octanol–water partition coefficient (Wildman–Crippen LogP) is -0.575. The third-order valence-electron chi connectivity index (χ3n) is 3.38. The number of phenols is 1.